The van der Waals surface area contributed by atoms with E-state index in [2.05, 4.69) is 0 Å². The summed E-state index contributed by atoms with van der Waals surface area (Å²) in [6.07, 6.45) is -2.71. The zero-order chi connectivity index (χ0) is 14.2. The van der Waals surface area contributed by atoms with Crippen LogP contribution < -0.4 is 0 Å². The summed E-state index contributed by atoms with van der Waals surface area (Å²) in [5.74, 6) is -0.558. The molecular formula is C12H22F3NO2. The summed E-state index contributed by atoms with van der Waals surface area (Å²) < 4.78 is 42.3. The van der Waals surface area contributed by atoms with E-state index in [9.17, 15) is 18.0 Å². The Morgan fingerprint density at radius 2 is 1.83 bits per heavy atom. The standard InChI is InChI=1S/C12H22F3NO2/c1-4-7-10(11(17)18-6-3)16(8-5-2)9-12(13,14)15/h10H,4-9H2,1-3H3. The van der Waals surface area contributed by atoms with Gasteiger partial charge in [0.1, 0.15) is 6.04 Å². The molecule has 0 rings (SSSR count). The molecular weight excluding hydrogens is 247 g/mol. The van der Waals surface area contributed by atoms with Crippen molar-refractivity contribution in [2.45, 2.75) is 52.3 Å². The van der Waals surface area contributed by atoms with E-state index in [0.717, 1.165) is 0 Å². The molecule has 0 aromatic heterocycles. The van der Waals surface area contributed by atoms with E-state index in [4.69, 9.17) is 4.74 Å². The van der Waals surface area contributed by atoms with Crippen LogP contribution in [0.3, 0.4) is 0 Å². The van der Waals surface area contributed by atoms with Crippen molar-refractivity contribution >= 4 is 5.97 Å². The van der Waals surface area contributed by atoms with Gasteiger partial charge < -0.3 is 4.74 Å². The number of esters is 1. The Hall–Kier alpha value is -0.780. The molecule has 0 bridgehead atoms. The smallest absolute Gasteiger partial charge is 0.401 e. The Kier molecular flexibility index (Phi) is 7.98. The van der Waals surface area contributed by atoms with Gasteiger partial charge in [-0.25, -0.2) is 0 Å². The van der Waals surface area contributed by atoms with Crippen molar-refractivity contribution < 1.29 is 22.7 Å². The van der Waals surface area contributed by atoms with Gasteiger partial charge in [-0.3, -0.25) is 9.69 Å². The molecule has 0 radical (unpaired) electrons. The van der Waals surface area contributed by atoms with Crippen molar-refractivity contribution in [1.82, 2.24) is 4.90 Å². The third-order valence-electron chi connectivity index (χ3n) is 2.45. The summed E-state index contributed by atoms with van der Waals surface area (Å²) in [6.45, 7) is 4.63. The van der Waals surface area contributed by atoms with Crippen LogP contribution in [0.5, 0.6) is 0 Å². The number of rotatable bonds is 8. The van der Waals surface area contributed by atoms with E-state index >= 15 is 0 Å². The van der Waals surface area contributed by atoms with Crippen molar-refractivity contribution in [1.29, 1.82) is 0 Å². The highest BCUT2D eigenvalue weighted by atomic mass is 19.4. The Bertz CT molecular complexity index is 244. The molecule has 0 aliphatic heterocycles. The summed E-state index contributed by atoms with van der Waals surface area (Å²) in [6, 6.07) is -0.795. The number of halogens is 3. The van der Waals surface area contributed by atoms with Gasteiger partial charge >= 0.3 is 12.1 Å². The van der Waals surface area contributed by atoms with Crippen LogP contribution in [0.15, 0.2) is 0 Å². The number of hydrogen-bond acceptors (Lipinski definition) is 3. The van der Waals surface area contributed by atoms with Crippen molar-refractivity contribution in [3.63, 3.8) is 0 Å². The molecule has 0 aromatic carbocycles. The molecule has 6 heteroatoms. The molecule has 0 N–H and O–H groups in total. The number of nitrogens with zero attached hydrogens (tertiary/aromatic N) is 1. The molecule has 0 aliphatic rings. The van der Waals surface area contributed by atoms with Crippen molar-refractivity contribution in [3.8, 4) is 0 Å². The first kappa shape index (κ1) is 17.2. The highest BCUT2D eigenvalue weighted by molar-refractivity contribution is 5.75. The SMILES string of the molecule is CCCC(C(=O)OCC)N(CCC)CC(F)(F)F. The molecule has 0 saturated heterocycles. The van der Waals surface area contributed by atoms with Crippen LogP contribution in [0.2, 0.25) is 0 Å². The molecule has 0 fully saturated rings. The van der Waals surface area contributed by atoms with Crippen LogP contribution in [-0.4, -0.2) is 42.8 Å². The molecule has 0 heterocycles. The van der Waals surface area contributed by atoms with Crippen LogP contribution in [0.4, 0.5) is 13.2 Å². The first-order chi connectivity index (χ1) is 8.35. The highest BCUT2D eigenvalue weighted by Crippen LogP contribution is 2.20. The Labute approximate surface area is 106 Å². The lowest BCUT2D eigenvalue weighted by Crippen LogP contribution is -2.47. The Balaban J connectivity index is 4.79. The largest absolute Gasteiger partial charge is 0.465 e. The maximum Gasteiger partial charge on any atom is 0.401 e. The van der Waals surface area contributed by atoms with Crippen LogP contribution >= 0.6 is 0 Å². The third-order valence-corrected chi connectivity index (χ3v) is 2.45. The summed E-state index contributed by atoms with van der Waals surface area (Å²) >= 11 is 0. The lowest BCUT2D eigenvalue weighted by molar-refractivity contribution is -0.165. The highest BCUT2D eigenvalue weighted by Gasteiger charge is 2.36. The minimum Gasteiger partial charge on any atom is -0.465 e. The molecule has 1 unspecified atom stereocenters. The monoisotopic (exact) mass is 269 g/mol. The van der Waals surface area contributed by atoms with E-state index in [1.807, 2.05) is 6.92 Å². The van der Waals surface area contributed by atoms with Gasteiger partial charge in [-0.1, -0.05) is 20.3 Å². The fourth-order valence-electron chi connectivity index (χ4n) is 1.82. The van der Waals surface area contributed by atoms with Crippen molar-refractivity contribution in [2.24, 2.45) is 0 Å². The fourth-order valence-corrected chi connectivity index (χ4v) is 1.82. The van der Waals surface area contributed by atoms with Gasteiger partial charge in [0.15, 0.2) is 0 Å². The zero-order valence-corrected chi connectivity index (χ0v) is 11.2. The lowest BCUT2D eigenvalue weighted by atomic mass is 10.1. The lowest BCUT2D eigenvalue weighted by Gasteiger charge is -2.30. The van der Waals surface area contributed by atoms with E-state index in [-0.39, 0.29) is 13.2 Å². The maximum atomic E-state index is 12.5. The predicted molar refractivity (Wildman–Crippen MR) is 63.2 cm³/mol. The van der Waals surface area contributed by atoms with Crippen LogP contribution in [0, 0.1) is 0 Å². The molecule has 0 saturated carbocycles. The second kappa shape index (κ2) is 8.34. The fraction of sp³-hybridized carbons (Fsp3) is 0.917. The topological polar surface area (TPSA) is 29.5 Å². The van der Waals surface area contributed by atoms with Crippen molar-refractivity contribution in [2.75, 3.05) is 19.7 Å². The number of carbonyl (C=O) groups excluding carboxylic acids is 1. The first-order valence-corrected chi connectivity index (χ1v) is 6.33. The molecule has 0 aromatic rings. The summed E-state index contributed by atoms with van der Waals surface area (Å²) in [5, 5.41) is 0. The zero-order valence-electron chi connectivity index (χ0n) is 11.2. The van der Waals surface area contributed by atoms with E-state index in [0.29, 0.717) is 19.3 Å². The van der Waals surface area contributed by atoms with Gasteiger partial charge in [0.05, 0.1) is 13.2 Å². The summed E-state index contributed by atoms with van der Waals surface area (Å²) in [4.78, 5) is 12.9. The quantitative estimate of drug-likeness (QED) is 0.634. The van der Waals surface area contributed by atoms with Crippen LogP contribution in [0.25, 0.3) is 0 Å². The van der Waals surface area contributed by atoms with Gasteiger partial charge in [0.2, 0.25) is 0 Å². The number of carbonyl (C=O) groups is 1. The minimum absolute atomic E-state index is 0.186. The second-order valence-corrected chi connectivity index (χ2v) is 4.14. The van der Waals surface area contributed by atoms with E-state index in [1.54, 1.807) is 13.8 Å². The molecule has 0 spiro atoms. The number of alkyl halides is 3. The molecule has 1 atom stereocenters. The molecule has 18 heavy (non-hydrogen) atoms. The first-order valence-electron chi connectivity index (χ1n) is 6.33. The van der Waals surface area contributed by atoms with E-state index in [1.165, 1.54) is 4.90 Å². The molecule has 3 nitrogen and oxygen atoms in total. The number of ether oxygens (including phenoxy) is 1. The molecule has 0 amide bonds. The minimum atomic E-state index is -4.30. The normalized spacial score (nSPS) is 13.7. The average Bonchev–Trinajstić information content (AvgIpc) is 2.23. The molecule has 0 aliphatic carbocycles. The van der Waals surface area contributed by atoms with Crippen molar-refractivity contribution in [3.05, 3.63) is 0 Å². The van der Waals surface area contributed by atoms with E-state index < -0.39 is 24.7 Å². The predicted octanol–water partition coefficient (Wildman–Crippen LogP) is 2.99. The van der Waals surface area contributed by atoms with Crippen LogP contribution in [-0.2, 0) is 9.53 Å². The van der Waals surface area contributed by atoms with Crippen LogP contribution in [0.1, 0.15) is 40.0 Å². The molecule has 108 valence electrons. The maximum absolute atomic E-state index is 12.5. The van der Waals surface area contributed by atoms with Gasteiger partial charge in [0, 0.05) is 0 Å². The van der Waals surface area contributed by atoms with Gasteiger partial charge in [0.25, 0.3) is 0 Å². The van der Waals surface area contributed by atoms with Gasteiger partial charge in [-0.2, -0.15) is 13.2 Å². The summed E-state index contributed by atoms with van der Waals surface area (Å²) in [5.41, 5.74) is 0. The second-order valence-electron chi connectivity index (χ2n) is 4.14. The van der Waals surface area contributed by atoms with Gasteiger partial charge in [-0.15, -0.1) is 0 Å². The number of hydrogen-bond donors (Lipinski definition) is 0. The van der Waals surface area contributed by atoms with Gasteiger partial charge in [-0.05, 0) is 26.3 Å². The Morgan fingerprint density at radius 1 is 1.22 bits per heavy atom. The average molecular weight is 269 g/mol. The third kappa shape index (κ3) is 6.83. The Morgan fingerprint density at radius 3 is 2.22 bits per heavy atom. The summed E-state index contributed by atoms with van der Waals surface area (Å²) in [7, 11) is 0.